The number of Topliss-reactive ketones (excluding diaryl/α,β-unsaturated/α-hetero) is 1. The van der Waals surface area contributed by atoms with Crippen LogP contribution in [0.15, 0.2) is 40.6 Å². The molecule has 0 bridgehead atoms. The second-order valence-electron chi connectivity index (χ2n) is 6.54. The summed E-state index contributed by atoms with van der Waals surface area (Å²) >= 11 is 12.5. The molecule has 11 heteroatoms. The van der Waals surface area contributed by atoms with Gasteiger partial charge in [-0.2, -0.15) is 10.2 Å². The van der Waals surface area contributed by atoms with Crippen LogP contribution in [0.5, 0.6) is 23.0 Å². The van der Waals surface area contributed by atoms with Crippen LogP contribution in [0.25, 0.3) is 0 Å². The lowest BCUT2D eigenvalue weighted by atomic mass is 10.2. The van der Waals surface area contributed by atoms with E-state index in [0.717, 1.165) is 4.42 Å². The molecule has 0 saturated heterocycles. The highest BCUT2D eigenvalue weighted by molar-refractivity contribution is 6.39. The summed E-state index contributed by atoms with van der Waals surface area (Å²) in [6, 6.07) is 6.27. The highest BCUT2D eigenvalue weighted by Gasteiger charge is 2.29. The number of anilines is 1. The van der Waals surface area contributed by atoms with Gasteiger partial charge in [-0.15, -0.1) is 0 Å². The SMILES string of the molecule is CCOc1cc(Cl)c(OCC)c(N=NC(C(C)=O)C(=O)N(Cl)c2cc(OC)cc(OC)c2)c1. The Hall–Kier alpha value is -3.04. The molecule has 0 aliphatic rings. The number of carbonyl (C=O) groups excluding carboxylic acids is 2. The van der Waals surface area contributed by atoms with Crippen LogP contribution in [0.1, 0.15) is 20.8 Å². The van der Waals surface area contributed by atoms with Gasteiger partial charge in [-0.25, -0.2) is 4.42 Å². The molecule has 2 aromatic rings. The lowest BCUT2D eigenvalue weighted by molar-refractivity contribution is -0.126. The maximum Gasteiger partial charge on any atom is 0.276 e. The molecule has 1 amide bonds. The number of hydrogen-bond donors (Lipinski definition) is 0. The number of ether oxygens (including phenoxy) is 4. The first-order valence-corrected chi connectivity index (χ1v) is 10.7. The largest absolute Gasteiger partial charge is 0.497 e. The third-order valence-corrected chi connectivity index (χ3v) is 4.90. The van der Waals surface area contributed by atoms with Gasteiger partial charge in [0, 0.05) is 42.1 Å². The van der Waals surface area contributed by atoms with E-state index in [2.05, 4.69) is 10.2 Å². The molecule has 0 aliphatic carbocycles. The minimum Gasteiger partial charge on any atom is -0.497 e. The van der Waals surface area contributed by atoms with Crippen LogP contribution < -0.4 is 23.4 Å². The number of benzene rings is 2. The zero-order chi connectivity index (χ0) is 24.5. The van der Waals surface area contributed by atoms with E-state index in [9.17, 15) is 9.59 Å². The topological polar surface area (TPSA) is 99.0 Å². The van der Waals surface area contributed by atoms with E-state index in [1.807, 2.05) is 6.92 Å². The Labute approximate surface area is 202 Å². The van der Waals surface area contributed by atoms with E-state index in [0.29, 0.717) is 30.5 Å². The number of methoxy groups -OCH3 is 2. The van der Waals surface area contributed by atoms with E-state index in [1.54, 1.807) is 25.1 Å². The predicted octanol–water partition coefficient (Wildman–Crippen LogP) is 5.38. The fraction of sp³-hybridized carbons (Fsp3) is 0.364. The molecule has 1 unspecified atom stereocenters. The Kier molecular flexibility index (Phi) is 9.74. The van der Waals surface area contributed by atoms with Gasteiger partial charge in [0.2, 0.25) is 6.04 Å². The predicted molar refractivity (Wildman–Crippen MR) is 126 cm³/mol. The van der Waals surface area contributed by atoms with Gasteiger partial charge in [0.05, 0.1) is 38.1 Å². The number of nitrogens with zero attached hydrogens (tertiary/aromatic N) is 3. The average Bonchev–Trinajstić information content (AvgIpc) is 2.80. The van der Waals surface area contributed by atoms with E-state index in [4.69, 9.17) is 42.3 Å². The zero-order valence-electron chi connectivity index (χ0n) is 18.9. The van der Waals surface area contributed by atoms with Gasteiger partial charge in [-0.1, -0.05) is 11.6 Å². The molecule has 33 heavy (non-hydrogen) atoms. The molecule has 0 fully saturated rings. The summed E-state index contributed by atoms with van der Waals surface area (Å²) in [5.74, 6) is 0.136. The maximum atomic E-state index is 13.0. The van der Waals surface area contributed by atoms with Gasteiger partial charge in [-0.3, -0.25) is 9.59 Å². The van der Waals surface area contributed by atoms with Gasteiger partial charge in [-0.05, 0) is 20.8 Å². The van der Waals surface area contributed by atoms with Gasteiger partial charge in [0.1, 0.15) is 22.9 Å². The molecule has 2 aromatic carbocycles. The monoisotopic (exact) mass is 497 g/mol. The molecule has 0 heterocycles. The molecule has 0 N–H and O–H groups in total. The summed E-state index contributed by atoms with van der Waals surface area (Å²) in [4.78, 5) is 25.3. The van der Waals surface area contributed by atoms with Crippen LogP contribution in [0.2, 0.25) is 5.02 Å². The zero-order valence-corrected chi connectivity index (χ0v) is 20.4. The number of azo groups is 1. The van der Waals surface area contributed by atoms with Crippen molar-refractivity contribution in [1.29, 1.82) is 0 Å². The number of rotatable bonds is 11. The average molecular weight is 498 g/mol. The van der Waals surface area contributed by atoms with E-state index in [1.165, 1.54) is 33.3 Å². The maximum absolute atomic E-state index is 13.0. The third-order valence-electron chi connectivity index (χ3n) is 4.25. The van der Waals surface area contributed by atoms with E-state index in [-0.39, 0.29) is 22.1 Å². The first-order chi connectivity index (χ1) is 15.7. The number of ketones is 1. The van der Waals surface area contributed by atoms with Crippen LogP contribution in [0.3, 0.4) is 0 Å². The van der Waals surface area contributed by atoms with Crippen molar-refractivity contribution < 1.29 is 28.5 Å². The lowest BCUT2D eigenvalue weighted by Crippen LogP contribution is -2.36. The molecular weight excluding hydrogens is 473 g/mol. The van der Waals surface area contributed by atoms with Gasteiger partial charge < -0.3 is 18.9 Å². The fourth-order valence-corrected chi connectivity index (χ4v) is 3.18. The van der Waals surface area contributed by atoms with Gasteiger partial charge >= 0.3 is 0 Å². The molecule has 0 aliphatic heterocycles. The Morgan fingerprint density at radius 3 is 2.09 bits per heavy atom. The van der Waals surface area contributed by atoms with Gasteiger partial charge in [0.25, 0.3) is 5.91 Å². The molecule has 178 valence electrons. The van der Waals surface area contributed by atoms with E-state index < -0.39 is 17.7 Å². The number of carbonyl (C=O) groups is 2. The van der Waals surface area contributed by atoms with Crippen molar-refractivity contribution in [1.82, 2.24) is 0 Å². The second kappa shape index (κ2) is 12.3. The number of hydrogen-bond acceptors (Lipinski definition) is 8. The molecule has 0 saturated carbocycles. The molecule has 0 aromatic heterocycles. The molecule has 0 radical (unpaired) electrons. The minimum atomic E-state index is -1.51. The van der Waals surface area contributed by atoms with Crippen LogP contribution in [0, 0.1) is 0 Å². The van der Waals surface area contributed by atoms with Crippen molar-refractivity contribution in [3.05, 3.63) is 35.4 Å². The summed E-state index contributed by atoms with van der Waals surface area (Å²) in [5, 5.41) is 8.28. The van der Waals surface area contributed by atoms with Gasteiger partial charge in [0.15, 0.2) is 11.5 Å². The van der Waals surface area contributed by atoms with Crippen molar-refractivity contribution in [2.75, 3.05) is 31.9 Å². The van der Waals surface area contributed by atoms with E-state index >= 15 is 0 Å². The molecule has 2 rings (SSSR count). The summed E-state index contributed by atoms with van der Waals surface area (Å²) in [7, 11) is 2.92. The number of amides is 1. The normalized spacial score (nSPS) is 11.7. The standard InChI is InChI=1S/C22H25Cl2N3O6/c1-6-32-17-11-18(23)21(33-7-2)19(12-17)25-26-20(13(3)28)22(29)27(24)14-8-15(30-4)10-16(9-14)31-5/h8-12,20H,6-7H2,1-5H3. The quantitative estimate of drug-likeness (QED) is 0.234. The van der Waals surface area contributed by atoms with Crippen molar-refractivity contribution >= 4 is 46.4 Å². The first-order valence-electron chi connectivity index (χ1n) is 9.98. The van der Waals surface area contributed by atoms with Crippen molar-refractivity contribution in [2.24, 2.45) is 10.2 Å². The lowest BCUT2D eigenvalue weighted by Gasteiger charge is -2.18. The number of halogens is 2. The van der Waals surface area contributed by atoms with Crippen LogP contribution in [-0.2, 0) is 9.59 Å². The van der Waals surface area contributed by atoms with Crippen LogP contribution in [-0.4, -0.2) is 45.2 Å². The fourth-order valence-electron chi connectivity index (χ4n) is 2.73. The Morgan fingerprint density at radius 1 is 0.970 bits per heavy atom. The van der Waals surface area contributed by atoms with Crippen molar-refractivity contribution in [3.63, 3.8) is 0 Å². The highest BCUT2D eigenvalue weighted by atomic mass is 35.5. The van der Waals surface area contributed by atoms with Crippen LogP contribution >= 0.6 is 23.4 Å². The Bertz CT molecular complexity index is 1010. The Balaban J connectivity index is 2.41. The molecule has 0 spiro atoms. The summed E-state index contributed by atoms with van der Waals surface area (Å²) in [5.41, 5.74) is 0.437. The molecule has 1 atom stereocenters. The second-order valence-corrected chi connectivity index (χ2v) is 7.28. The third kappa shape index (κ3) is 6.72. The first kappa shape index (κ1) is 26.2. The molecule has 9 nitrogen and oxygen atoms in total. The minimum absolute atomic E-state index is 0.205. The smallest absolute Gasteiger partial charge is 0.276 e. The van der Waals surface area contributed by atoms with Crippen molar-refractivity contribution in [3.8, 4) is 23.0 Å². The summed E-state index contributed by atoms with van der Waals surface area (Å²) < 4.78 is 22.2. The summed E-state index contributed by atoms with van der Waals surface area (Å²) in [6.45, 7) is 5.53. The highest BCUT2D eigenvalue weighted by Crippen LogP contribution is 2.40. The van der Waals surface area contributed by atoms with Crippen LogP contribution in [0.4, 0.5) is 11.4 Å². The Morgan fingerprint density at radius 2 is 1.58 bits per heavy atom. The molecular formula is C22H25Cl2N3O6. The van der Waals surface area contributed by atoms with Crippen molar-refractivity contribution in [2.45, 2.75) is 26.8 Å². The summed E-state index contributed by atoms with van der Waals surface area (Å²) in [6.07, 6.45) is 0.